The predicted molar refractivity (Wildman–Crippen MR) is 100 cm³/mol. The summed E-state index contributed by atoms with van der Waals surface area (Å²) in [5, 5.41) is 13.0. The third-order valence-electron chi connectivity index (χ3n) is 3.38. The van der Waals surface area contributed by atoms with Gasteiger partial charge in [-0.15, -0.1) is 0 Å². The van der Waals surface area contributed by atoms with Crippen LogP contribution in [0.5, 0.6) is 5.75 Å². The Balaban J connectivity index is 1.82. The van der Waals surface area contributed by atoms with E-state index in [1.54, 1.807) is 24.3 Å². The molecule has 2 rings (SSSR count). The number of carbonyl (C=O) groups is 1. The maximum atomic E-state index is 10.7. The number of aliphatic carboxylic acids is 1. The molecular formula is C19H20BrNO4. The fourth-order valence-electron chi connectivity index (χ4n) is 2.20. The van der Waals surface area contributed by atoms with Gasteiger partial charge in [0.2, 0.25) is 0 Å². The van der Waals surface area contributed by atoms with Crippen LogP contribution in [-0.4, -0.2) is 30.0 Å². The molecule has 5 nitrogen and oxygen atoms in total. The van der Waals surface area contributed by atoms with Crippen molar-refractivity contribution >= 4 is 27.6 Å². The quantitative estimate of drug-likeness (QED) is 0.383. The summed E-state index contributed by atoms with van der Waals surface area (Å²) in [6.45, 7) is 2.66. The van der Waals surface area contributed by atoms with E-state index in [4.69, 9.17) is 14.7 Å². The van der Waals surface area contributed by atoms with Crippen molar-refractivity contribution in [2.45, 2.75) is 19.8 Å². The van der Waals surface area contributed by atoms with Crippen molar-refractivity contribution in [2.75, 3.05) is 13.2 Å². The molecule has 0 aliphatic heterocycles. The smallest absolute Gasteiger partial charge is 0.307 e. The number of hydrogen-bond acceptors (Lipinski definition) is 4. The molecule has 0 unspecified atom stereocenters. The van der Waals surface area contributed by atoms with Gasteiger partial charge in [-0.3, -0.25) is 4.79 Å². The van der Waals surface area contributed by atoms with E-state index in [1.807, 2.05) is 31.2 Å². The number of nitrogens with zero attached hydrogens (tertiary/aromatic N) is 1. The molecule has 0 saturated heterocycles. The largest absolute Gasteiger partial charge is 0.490 e. The Bertz CT molecular complexity index is 728. The van der Waals surface area contributed by atoms with Crippen molar-refractivity contribution in [2.24, 2.45) is 5.16 Å². The average molecular weight is 406 g/mol. The van der Waals surface area contributed by atoms with E-state index < -0.39 is 5.97 Å². The minimum atomic E-state index is -0.866. The molecule has 0 bridgehead atoms. The summed E-state index contributed by atoms with van der Waals surface area (Å²) in [5.74, 6) is -0.246. The van der Waals surface area contributed by atoms with Gasteiger partial charge in [0.05, 0.1) is 12.1 Å². The van der Waals surface area contributed by atoms with Gasteiger partial charge < -0.3 is 14.7 Å². The zero-order valence-corrected chi connectivity index (χ0v) is 15.5. The first-order valence-electron chi connectivity index (χ1n) is 7.96. The molecule has 6 heteroatoms. The van der Waals surface area contributed by atoms with Crippen LogP contribution in [0.1, 0.15) is 24.5 Å². The van der Waals surface area contributed by atoms with Gasteiger partial charge >= 0.3 is 5.97 Å². The molecule has 0 aliphatic rings. The summed E-state index contributed by atoms with van der Waals surface area (Å²) in [6.07, 6.45) is 0.741. The third-order valence-corrected chi connectivity index (χ3v) is 3.91. The average Bonchev–Trinajstić information content (AvgIpc) is 2.59. The van der Waals surface area contributed by atoms with E-state index in [0.29, 0.717) is 24.5 Å². The summed E-state index contributed by atoms with van der Waals surface area (Å²) in [5.41, 5.74) is 2.59. The van der Waals surface area contributed by atoms with Crippen LogP contribution in [0.25, 0.3) is 0 Å². The number of rotatable bonds is 9. The molecule has 132 valence electrons. The number of halogens is 1. The second-order valence-electron chi connectivity index (χ2n) is 5.30. The number of ether oxygens (including phenoxy) is 1. The molecule has 0 atom stereocenters. The second-order valence-corrected chi connectivity index (χ2v) is 6.21. The molecule has 0 heterocycles. The van der Waals surface area contributed by atoms with E-state index in [0.717, 1.165) is 22.2 Å². The lowest BCUT2D eigenvalue weighted by molar-refractivity contribution is -0.136. The lowest BCUT2D eigenvalue weighted by Crippen LogP contribution is -2.07. The molecule has 2 aromatic rings. The monoisotopic (exact) mass is 405 g/mol. The lowest BCUT2D eigenvalue weighted by atomic mass is 10.1. The second kappa shape index (κ2) is 9.84. The minimum Gasteiger partial charge on any atom is -0.490 e. The molecular weight excluding hydrogens is 386 g/mol. The molecule has 0 fully saturated rings. The third kappa shape index (κ3) is 6.58. The molecule has 2 aromatic carbocycles. The van der Waals surface area contributed by atoms with Crippen molar-refractivity contribution in [3.05, 3.63) is 64.1 Å². The van der Waals surface area contributed by atoms with Gasteiger partial charge in [-0.1, -0.05) is 52.3 Å². The summed E-state index contributed by atoms with van der Waals surface area (Å²) in [6, 6.07) is 14.9. The molecule has 0 aliphatic carbocycles. The van der Waals surface area contributed by atoms with E-state index in [9.17, 15) is 4.79 Å². The highest BCUT2D eigenvalue weighted by Gasteiger charge is 2.03. The van der Waals surface area contributed by atoms with Crippen LogP contribution in [0.15, 0.2) is 58.2 Å². The summed E-state index contributed by atoms with van der Waals surface area (Å²) in [7, 11) is 0. The minimum absolute atomic E-state index is 0.0228. The molecule has 0 saturated carbocycles. The first-order valence-corrected chi connectivity index (χ1v) is 8.76. The lowest BCUT2D eigenvalue weighted by Gasteiger charge is -2.08. The molecule has 1 N–H and O–H groups in total. The van der Waals surface area contributed by atoms with Crippen molar-refractivity contribution < 1.29 is 19.5 Å². The fraction of sp³-hybridized carbons (Fsp3) is 0.263. The number of carboxylic acid groups (broad SMARTS) is 1. The van der Waals surface area contributed by atoms with Gasteiger partial charge in [0, 0.05) is 4.47 Å². The SMILES string of the molecule is CCC(=NOCCOc1cccc(CC(=O)O)c1)c1ccc(Br)cc1. The fourth-order valence-corrected chi connectivity index (χ4v) is 2.47. The maximum Gasteiger partial charge on any atom is 0.307 e. The highest BCUT2D eigenvalue weighted by molar-refractivity contribution is 9.10. The summed E-state index contributed by atoms with van der Waals surface area (Å²) >= 11 is 3.41. The van der Waals surface area contributed by atoms with Gasteiger partial charge in [0.25, 0.3) is 0 Å². The first kappa shape index (κ1) is 19.0. The topological polar surface area (TPSA) is 68.1 Å². The number of carboxylic acids is 1. The molecule has 0 aromatic heterocycles. The summed E-state index contributed by atoms with van der Waals surface area (Å²) < 4.78 is 6.59. The Hall–Kier alpha value is -2.34. The van der Waals surface area contributed by atoms with Gasteiger partial charge in [0.15, 0.2) is 6.61 Å². The Kier molecular flexibility index (Phi) is 7.47. The zero-order valence-electron chi connectivity index (χ0n) is 13.9. The normalized spacial score (nSPS) is 11.2. The van der Waals surface area contributed by atoms with Gasteiger partial charge in [-0.25, -0.2) is 0 Å². The predicted octanol–water partition coefficient (Wildman–Crippen LogP) is 4.29. The Labute approximate surface area is 155 Å². The molecule has 0 spiro atoms. The van der Waals surface area contributed by atoms with Crippen LogP contribution in [-0.2, 0) is 16.1 Å². The number of oxime groups is 1. The van der Waals surface area contributed by atoms with Gasteiger partial charge in [-0.2, -0.15) is 0 Å². The number of benzene rings is 2. The maximum absolute atomic E-state index is 10.7. The van der Waals surface area contributed by atoms with Gasteiger partial charge in [0.1, 0.15) is 12.4 Å². The van der Waals surface area contributed by atoms with Crippen LogP contribution >= 0.6 is 15.9 Å². The van der Waals surface area contributed by atoms with Crippen LogP contribution in [0.4, 0.5) is 0 Å². The van der Waals surface area contributed by atoms with Crippen LogP contribution in [0.3, 0.4) is 0 Å². The summed E-state index contributed by atoms with van der Waals surface area (Å²) in [4.78, 5) is 16.1. The molecule has 0 amide bonds. The van der Waals surface area contributed by atoms with Crippen molar-refractivity contribution in [3.8, 4) is 5.75 Å². The molecule has 25 heavy (non-hydrogen) atoms. The van der Waals surface area contributed by atoms with Crippen LogP contribution in [0, 0.1) is 0 Å². The van der Waals surface area contributed by atoms with Gasteiger partial charge in [-0.05, 0) is 41.8 Å². The van der Waals surface area contributed by atoms with E-state index >= 15 is 0 Å². The van der Waals surface area contributed by atoms with Crippen molar-refractivity contribution in [1.82, 2.24) is 0 Å². The van der Waals surface area contributed by atoms with Crippen LogP contribution < -0.4 is 4.74 Å². The standard InChI is InChI=1S/C19H20BrNO4/c1-2-18(15-6-8-16(20)9-7-15)21-25-11-10-24-17-5-3-4-14(12-17)13-19(22)23/h3-9,12H,2,10-11,13H2,1H3,(H,22,23). The zero-order chi connectivity index (χ0) is 18.1. The van der Waals surface area contributed by atoms with E-state index in [1.165, 1.54) is 0 Å². The Morgan fingerprint density at radius 2 is 1.92 bits per heavy atom. The number of hydrogen-bond donors (Lipinski definition) is 1. The van der Waals surface area contributed by atoms with E-state index in [2.05, 4.69) is 21.1 Å². The van der Waals surface area contributed by atoms with Crippen LogP contribution in [0.2, 0.25) is 0 Å². The first-order chi connectivity index (χ1) is 12.1. The Morgan fingerprint density at radius 1 is 1.16 bits per heavy atom. The van der Waals surface area contributed by atoms with Crippen molar-refractivity contribution in [3.63, 3.8) is 0 Å². The Morgan fingerprint density at radius 3 is 2.60 bits per heavy atom. The van der Waals surface area contributed by atoms with E-state index in [-0.39, 0.29) is 6.42 Å². The molecule has 0 radical (unpaired) electrons. The van der Waals surface area contributed by atoms with Crippen molar-refractivity contribution in [1.29, 1.82) is 0 Å². The highest BCUT2D eigenvalue weighted by Crippen LogP contribution is 2.14. The highest BCUT2D eigenvalue weighted by atomic mass is 79.9.